The third-order valence-corrected chi connectivity index (χ3v) is 3.76. The Bertz CT molecular complexity index is 883. The molecule has 0 bridgehead atoms. The molecule has 1 N–H and O–H groups in total. The third-order valence-electron chi connectivity index (χ3n) is 3.76. The van der Waals surface area contributed by atoms with Gasteiger partial charge in [0.1, 0.15) is 23.7 Å². The third kappa shape index (κ3) is 3.25. The first-order valence-electron chi connectivity index (χ1n) is 8.03. The zero-order valence-electron chi connectivity index (χ0n) is 14.2. The van der Waals surface area contributed by atoms with Gasteiger partial charge >= 0.3 is 5.97 Å². The van der Waals surface area contributed by atoms with E-state index in [0.717, 1.165) is 33.8 Å². The van der Waals surface area contributed by atoms with Gasteiger partial charge < -0.3 is 10.1 Å². The van der Waals surface area contributed by atoms with E-state index in [1.54, 1.807) is 6.92 Å². The highest BCUT2D eigenvalue weighted by atomic mass is 16.5. The number of carbonyl (C=O) groups excluding carboxylic acids is 1. The van der Waals surface area contributed by atoms with Gasteiger partial charge in [0.2, 0.25) is 0 Å². The van der Waals surface area contributed by atoms with Gasteiger partial charge in [0.05, 0.1) is 6.61 Å². The summed E-state index contributed by atoms with van der Waals surface area (Å²) in [6, 6.07) is 12.2. The van der Waals surface area contributed by atoms with Crippen molar-refractivity contribution in [2.45, 2.75) is 20.8 Å². The first-order chi connectivity index (χ1) is 11.6. The quantitative estimate of drug-likeness (QED) is 0.729. The minimum absolute atomic E-state index is 0.106. The van der Waals surface area contributed by atoms with E-state index in [0.29, 0.717) is 6.61 Å². The van der Waals surface area contributed by atoms with E-state index in [4.69, 9.17) is 9.72 Å². The number of hydrogen-bond donors (Lipinski definition) is 1. The van der Waals surface area contributed by atoms with Crippen molar-refractivity contribution in [2.75, 3.05) is 18.5 Å². The van der Waals surface area contributed by atoms with E-state index < -0.39 is 0 Å². The van der Waals surface area contributed by atoms with Crippen molar-refractivity contribution in [3.63, 3.8) is 0 Å². The summed E-state index contributed by atoms with van der Waals surface area (Å²) < 4.78 is 6.99. The monoisotopic (exact) mass is 323 g/mol. The predicted octanol–water partition coefficient (Wildman–Crippen LogP) is 3.59. The second-order valence-corrected chi connectivity index (χ2v) is 5.77. The number of hydrogen-bond acceptors (Lipinski definition) is 4. The Hall–Kier alpha value is -2.82. The molecule has 3 rings (SSSR count). The summed E-state index contributed by atoms with van der Waals surface area (Å²) in [4.78, 5) is 16.5. The standard InChI is InChI=1S/C19H21N3O2/c1-4-24-17(23)11-20-19-18(15-7-5-6-13(2)10-15)21-16-9-8-14(3)12-22(16)19/h5-10,12,20H,4,11H2,1-3H3. The molecule has 0 spiro atoms. The van der Waals surface area contributed by atoms with Gasteiger partial charge in [-0.15, -0.1) is 0 Å². The Balaban J connectivity index is 2.07. The zero-order chi connectivity index (χ0) is 17.1. The fourth-order valence-electron chi connectivity index (χ4n) is 2.68. The lowest BCUT2D eigenvalue weighted by Crippen LogP contribution is -2.17. The van der Waals surface area contributed by atoms with Crippen LogP contribution in [0.3, 0.4) is 0 Å². The highest BCUT2D eigenvalue weighted by Gasteiger charge is 2.15. The van der Waals surface area contributed by atoms with Gasteiger partial charge in [0.15, 0.2) is 0 Å². The molecule has 124 valence electrons. The van der Waals surface area contributed by atoms with Gasteiger partial charge in [0.25, 0.3) is 0 Å². The first kappa shape index (κ1) is 16.1. The molecule has 0 unspecified atom stereocenters. The Kier molecular flexibility index (Phi) is 4.51. The molecule has 2 heterocycles. The molecule has 2 aromatic heterocycles. The molecule has 3 aromatic rings. The molecule has 0 aliphatic heterocycles. The zero-order valence-corrected chi connectivity index (χ0v) is 14.2. The van der Waals surface area contributed by atoms with Gasteiger partial charge in [-0.3, -0.25) is 9.20 Å². The van der Waals surface area contributed by atoms with Crippen molar-refractivity contribution in [2.24, 2.45) is 0 Å². The topological polar surface area (TPSA) is 55.6 Å². The normalized spacial score (nSPS) is 10.8. The molecule has 0 saturated carbocycles. The average molecular weight is 323 g/mol. The summed E-state index contributed by atoms with van der Waals surface area (Å²) in [7, 11) is 0. The van der Waals surface area contributed by atoms with Crippen LogP contribution in [0.25, 0.3) is 16.9 Å². The second kappa shape index (κ2) is 6.74. The van der Waals surface area contributed by atoms with Crippen molar-refractivity contribution in [3.8, 4) is 11.3 Å². The van der Waals surface area contributed by atoms with Crippen LogP contribution in [0.4, 0.5) is 5.82 Å². The molecule has 0 aliphatic carbocycles. The number of nitrogens with one attached hydrogen (secondary N) is 1. The number of imidazole rings is 1. The van der Waals surface area contributed by atoms with Gasteiger partial charge in [0, 0.05) is 11.8 Å². The first-order valence-corrected chi connectivity index (χ1v) is 8.03. The minimum atomic E-state index is -0.282. The van der Waals surface area contributed by atoms with Crippen molar-refractivity contribution < 1.29 is 9.53 Å². The van der Waals surface area contributed by atoms with Crippen molar-refractivity contribution in [3.05, 3.63) is 53.7 Å². The molecule has 0 atom stereocenters. The number of pyridine rings is 1. The van der Waals surface area contributed by atoms with Gasteiger partial charge in [-0.05, 0) is 38.5 Å². The summed E-state index contributed by atoms with van der Waals surface area (Å²) >= 11 is 0. The SMILES string of the molecule is CCOC(=O)CNc1c(-c2cccc(C)c2)nc2ccc(C)cn12. The fraction of sp³-hybridized carbons (Fsp3) is 0.263. The molecule has 5 heteroatoms. The Labute approximate surface area is 141 Å². The number of benzene rings is 1. The lowest BCUT2D eigenvalue weighted by molar-refractivity contribution is -0.140. The van der Waals surface area contributed by atoms with Crippen LogP contribution in [-0.4, -0.2) is 28.5 Å². The van der Waals surface area contributed by atoms with E-state index in [2.05, 4.69) is 24.4 Å². The fourth-order valence-corrected chi connectivity index (χ4v) is 2.68. The van der Waals surface area contributed by atoms with E-state index in [1.807, 2.05) is 41.8 Å². The Morgan fingerprint density at radius 3 is 2.79 bits per heavy atom. The molecule has 0 saturated heterocycles. The second-order valence-electron chi connectivity index (χ2n) is 5.77. The number of fused-ring (bicyclic) bond motifs is 1. The van der Waals surface area contributed by atoms with Crippen LogP contribution < -0.4 is 5.32 Å². The molecule has 1 aromatic carbocycles. The highest BCUT2D eigenvalue weighted by molar-refractivity contribution is 5.81. The molecule has 0 fully saturated rings. The molecule has 24 heavy (non-hydrogen) atoms. The van der Waals surface area contributed by atoms with Gasteiger partial charge in [-0.25, -0.2) is 4.98 Å². The van der Waals surface area contributed by atoms with Gasteiger partial charge in [-0.2, -0.15) is 0 Å². The molecule has 5 nitrogen and oxygen atoms in total. The van der Waals surface area contributed by atoms with Crippen LogP contribution in [0.1, 0.15) is 18.1 Å². The van der Waals surface area contributed by atoms with E-state index in [-0.39, 0.29) is 12.5 Å². The van der Waals surface area contributed by atoms with E-state index in [9.17, 15) is 4.79 Å². The smallest absolute Gasteiger partial charge is 0.325 e. The number of esters is 1. The molecule has 0 amide bonds. The maximum Gasteiger partial charge on any atom is 0.325 e. The summed E-state index contributed by atoms with van der Waals surface area (Å²) in [5.74, 6) is 0.516. The summed E-state index contributed by atoms with van der Waals surface area (Å²) in [6.45, 7) is 6.36. The van der Waals surface area contributed by atoms with Crippen LogP contribution in [0, 0.1) is 13.8 Å². The van der Waals surface area contributed by atoms with Crippen LogP contribution in [-0.2, 0) is 9.53 Å². The minimum Gasteiger partial charge on any atom is -0.465 e. The largest absolute Gasteiger partial charge is 0.465 e. The molecule has 0 aliphatic rings. The van der Waals surface area contributed by atoms with Crippen LogP contribution >= 0.6 is 0 Å². The highest BCUT2D eigenvalue weighted by Crippen LogP contribution is 2.29. The van der Waals surface area contributed by atoms with E-state index in [1.165, 1.54) is 0 Å². The number of rotatable bonds is 5. The predicted molar refractivity (Wildman–Crippen MR) is 95.2 cm³/mol. The van der Waals surface area contributed by atoms with Crippen molar-refractivity contribution in [1.29, 1.82) is 0 Å². The van der Waals surface area contributed by atoms with Crippen LogP contribution in [0.2, 0.25) is 0 Å². The average Bonchev–Trinajstić information content (AvgIpc) is 2.91. The maximum atomic E-state index is 11.7. The number of anilines is 1. The van der Waals surface area contributed by atoms with Crippen molar-refractivity contribution in [1.82, 2.24) is 9.38 Å². The number of aromatic nitrogens is 2. The number of ether oxygens (including phenoxy) is 1. The van der Waals surface area contributed by atoms with E-state index >= 15 is 0 Å². The number of aryl methyl sites for hydroxylation is 2. The number of nitrogens with zero attached hydrogens (tertiary/aromatic N) is 2. The Morgan fingerprint density at radius 1 is 1.21 bits per heavy atom. The maximum absolute atomic E-state index is 11.7. The lowest BCUT2D eigenvalue weighted by Gasteiger charge is -2.09. The molecule has 0 radical (unpaired) electrons. The van der Waals surface area contributed by atoms with Crippen LogP contribution in [0.15, 0.2) is 42.6 Å². The lowest BCUT2D eigenvalue weighted by atomic mass is 10.1. The number of carbonyl (C=O) groups is 1. The summed E-state index contributed by atoms with van der Waals surface area (Å²) in [5, 5.41) is 3.19. The molecular formula is C19H21N3O2. The van der Waals surface area contributed by atoms with Crippen molar-refractivity contribution >= 4 is 17.4 Å². The Morgan fingerprint density at radius 2 is 2.04 bits per heavy atom. The molecular weight excluding hydrogens is 302 g/mol. The summed E-state index contributed by atoms with van der Waals surface area (Å²) in [5.41, 5.74) is 4.96. The van der Waals surface area contributed by atoms with Crippen LogP contribution in [0.5, 0.6) is 0 Å². The van der Waals surface area contributed by atoms with Gasteiger partial charge in [-0.1, -0.05) is 29.8 Å². The summed E-state index contributed by atoms with van der Waals surface area (Å²) in [6.07, 6.45) is 2.01.